The zero-order valence-electron chi connectivity index (χ0n) is 23.2. The van der Waals surface area contributed by atoms with Gasteiger partial charge in [0.05, 0.1) is 6.54 Å². The number of ether oxygens (including phenoxy) is 1. The lowest BCUT2D eigenvalue weighted by Gasteiger charge is -2.48. The van der Waals surface area contributed by atoms with Crippen molar-refractivity contribution in [3.63, 3.8) is 0 Å². The van der Waals surface area contributed by atoms with Crippen molar-refractivity contribution in [2.24, 2.45) is 10.8 Å². The van der Waals surface area contributed by atoms with Gasteiger partial charge in [0, 0.05) is 12.6 Å². The average Bonchev–Trinajstić information content (AvgIpc) is 2.78. The van der Waals surface area contributed by atoms with Crippen LogP contribution in [0, 0.1) is 10.8 Å². The van der Waals surface area contributed by atoms with Crippen LogP contribution in [0.25, 0.3) is 0 Å². The van der Waals surface area contributed by atoms with Crippen LogP contribution in [0.1, 0.15) is 40.0 Å². The molecular weight excluding hydrogens is 698 g/mol. The van der Waals surface area contributed by atoms with E-state index in [1.54, 1.807) is 5.32 Å². The Hall–Kier alpha value is -2.72. The Bertz CT molecular complexity index is 1120. The molecule has 1 rings (SSSR count). The lowest BCUT2D eigenvalue weighted by atomic mass is 9.62. The predicted octanol–water partition coefficient (Wildman–Crippen LogP) is 8.21. The Kier molecular flexibility index (Phi) is 10.8. The zero-order chi connectivity index (χ0) is 37.0. The summed E-state index contributed by atoms with van der Waals surface area (Å²) in [5.41, 5.74) is -2.93. The summed E-state index contributed by atoms with van der Waals surface area (Å²) in [5, 5.41) is 11.0. The topological polar surface area (TPSA) is 78.9 Å². The van der Waals surface area contributed by atoms with Crippen LogP contribution in [0.3, 0.4) is 0 Å². The number of carboxylic acid groups (broad SMARTS) is 1. The van der Waals surface area contributed by atoms with Gasteiger partial charge in [0.15, 0.2) is 6.61 Å². The first-order chi connectivity index (χ1) is 19.9. The number of alkyl halides is 18. The van der Waals surface area contributed by atoms with Gasteiger partial charge in [-0.25, -0.2) is 9.59 Å². The van der Waals surface area contributed by atoms with Gasteiger partial charge < -0.3 is 20.1 Å². The molecular formula is C22H24F18N2O4. The van der Waals surface area contributed by atoms with E-state index >= 15 is 0 Å². The molecule has 1 fully saturated rings. The largest absolute Gasteiger partial charge is 0.465 e. The van der Waals surface area contributed by atoms with E-state index in [0.29, 0.717) is 0 Å². The van der Waals surface area contributed by atoms with Gasteiger partial charge in [-0.2, -0.15) is 79.0 Å². The van der Waals surface area contributed by atoms with Gasteiger partial charge in [-0.15, -0.1) is 0 Å². The highest BCUT2D eigenvalue weighted by Crippen LogP contribution is 2.55. The summed E-state index contributed by atoms with van der Waals surface area (Å²) in [5.74, 6) is -41.6. The number of alkyl carbamates (subject to hydrolysis) is 1. The minimum atomic E-state index is -7.33. The van der Waals surface area contributed by atoms with Crippen molar-refractivity contribution < 1.29 is 98.5 Å². The average molecular weight is 722 g/mol. The fourth-order valence-electron chi connectivity index (χ4n) is 5.12. The number of amides is 2. The molecule has 0 aromatic carbocycles. The molecule has 2 unspecified atom stereocenters. The van der Waals surface area contributed by atoms with Crippen molar-refractivity contribution in [1.82, 2.24) is 10.2 Å². The highest BCUT2D eigenvalue weighted by atomic mass is 19.4. The molecule has 272 valence electrons. The van der Waals surface area contributed by atoms with E-state index in [0.717, 1.165) is 6.92 Å². The first kappa shape index (κ1) is 41.3. The van der Waals surface area contributed by atoms with Crippen molar-refractivity contribution in [1.29, 1.82) is 0 Å². The molecule has 1 aliphatic carbocycles. The number of nitrogens with one attached hydrogen (secondary N) is 1. The summed E-state index contributed by atoms with van der Waals surface area (Å²) < 4.78 is 240. The minimum absolute atomic E-state index is 0.268. The molecule has 2 amide bonds. The molecule has 0 heterocycles. The number of nitrogens with zero attached hydrogens (tertiary/aromatic N) is 1. The number of carbonyl (C=O) groups excluding carboxylic acids is 1. The van der Waals surface area contributed by atoms with Crippen molar-refractivity contribution in [2.45, 2.75) is 94.0 Å². The van der Waals surface area contributed by atoms with E-state index in [1.165, 1.54) is 13.8 Å². The van der Waals surface area contributed by atoms with Crippen molar-refractivity contribution >= 4 is 12.2 Å². The van der Waals surface area contributed by atoms with Gasteiger partial charge in [0.2, 0.25) is 0 Å². The Morgan fingerprint density at radius 1 is 0.717 bits per heavy atom. The fraction of sp³-hybridized carbons (Fsp3) is 0.909. The molecule has 0 bridgehead atoms. The number of hydrogen-bond acceptors (Lipinski definition) is 3. The first-order valence-electron chi connectivity index (χ1n) is 12.2. The van der Waals surface area contributed by atoms with Crippen LogP contribution >= 0.6 is 0 Å². The summed E-state index contributed by atoms with van der Waals surface area (Å²) in [7, 11) is 0. The number of halogens is 18. The third-order valence-corrected chi connectivity index (χ3v) is 6.80. The van der Waals surface area contributed by atoms with Crippen molar-refractivity contribution in [2.75, 3.05) is 19.7 Å². The maximum absolute atomic E-state index is 14.2. The van der Waals surface area contributed by atoms with E-state index in [4.69, 9.17) is 0 Å². The minimum Gasteiger partial charge on any atom is -0.465 e. The second-order valence-electron chi connectivity index (χ2n) is 11.8. The molecule has 2 atom stereocenters. The highest BCUT2D eigenvalue weighted by molar-refractivity contribution is 5.67. The summed E-state index contributed by atoms with van der Waals surface area (Å²) in [6.45, 7) is -3.59. The van der Waals surface area contributed by atoms with Gasteiger partial charge in [0.1, 0.15) is 0 Å². The Morgan fingerprint density at radius 2 is 1.13 bits per heavy atom. The van der Waals surface area contributed by atoms with Crippen LogP contribution in [0.4, 0.5) is 88.6 Å². The fourth-order valence-corrected chi connectivity index (χ4v) is 5.12. The Labute approximate surface area is 246 Å². The number of hydrogen-bond donors (Lipinski definition) is 2. The molecule has 1 saturated carbocycles. The molecule has 0 spiro atoms. The quantitative estimate of drug-likeness (QED) is 0.211. The maximum Gasteiger partial charge on any atom is 0.460 e. The van der Waals surface area contributed by atoms with Gasteiger partial charge >= 0.3 is 60.1 Å². The monoisotopic (exact) mass is 722 g/mol. The third kappa shape index (κ3) is 8.04. The first-order valence-corrected chi connectivity index (χ1v) is 12.2. The normalized spacial score (nSPS) is 22.3. The smallest absolute Gasteiger partial charge is 0.460 e. The second-order valence-corrected chi connectivity index (χ2v) is 11.8. The molecule has 46 heavy (non-hydrogen) atoms. The van der Waals surface area contributed by atoms with Crippen LogP contribution in [-0.2, 0) is 4.74 Å². The molecule has 0 aromatic heterocycles. The summed E-state index contributed by atoms with van der Waals surface area (Å²) in [4.78, 5) is 22.9. The summed E-state index contributed by atoms with van der Waals surface area (Å²) in [6.07, 6.45) is -20.2. The molecule has 0 radical (unpaired) electrons. The van der Waals surface area contributed by atoms with E-state index in [-0.39, 0.29) is 12.8 Å². The molecule has 0 aromatic rings. The molecule has 2 N–H and O–H groups in total. The summed E-state index contributed by atoms with van der Waals surface area (Å²) >= 11 is 0. The third-order valence-electron chi connectivity index (χ3n) is 6.80. The van der Waals surface area contributed by atoms with E-state index in [1.807, 2.05) is 0 Å². The lowest BCUT2D eigenvalue weighted by Crippen LogP contribution is -2.64. The molecule has 1 aliphatic rings. The van der Waals surface area contributed by atoms with E-state index in [9.17, 15) is 93.7 Å². The predicted molar refractivity (Wildman–Crippen MR) is 115 cm³/mol. The SMILES string of the molecule is CC1(C)CC(NC(=O)OCC(F)(F)C(F)(F)C(F)(F)C(F)(F)F)CC(C)(CN(CC(F)(F)C(F)(F)C(F)(F)C(F)(F)F)C(=O)O)C1. The highest BCUT2D eigenvalue weighted by Gasteiger charge is 2.83. The van der Waals surface area contributed by atoms with E-state index in [2.05, 4.69) is 4.74 Å². The van der Waals surface area contributed by atoms with Crippen LogP contribution in [0.5, 0.6) is 0 Å². The number of rotatable bonds is 11. The van der Waals surface area contributed by atoms with Crippen LogP contribution in [0.2, 0.25) is 0 Å². The van der Waals surface area contributed by atoms with Gasteiger partial charge in [-0.1, -0.05) is 20.8 Å². The standard InChI is InChI=1S/C22H24F18N2O4/c1-13(2)4-10(41-11(43)46-9-16(25,26)18(29,30)20(33,34)22(38,39)40)5-14(3,6-13)7-42(12(44)45)8-15(23,24)17(27,28)19(31,32)21(35,36)37/h10H,4-9H2,1-3H3,(H,41,43)(H,44,45). The molecule has 0 aliphatic heterocycles. The molecule has 24 heteroatoms. The molecule has 0 saturated heterocycles. The van der Waals surface area contributed by atoms with E-state index < -0.39 is 108 Å². The molecule has 6 nitrogen and oxygen atoms in total. The van der Waals surface area contributed by atoms with Crippen molar-refractivity contribution in [3.8, 4) is 0 Å². The summed E-state index contributed by atoms with van der Waals surface area (Å²) in [6, 6.07) is -1.46. The van der Waals surface area contributed by atoms with Crippen LogP contribution in [-0.4, -0.2) is 95.8 Å². The Morgan fingerprint density at radius 3 is 1.52 bits per heavy atom. The van der Waals surface area contributed by atoms with Gasteiger partial charge in [-0.05, 0) is 30.1 Å². The number of carbonyl (C=O) groups is 2. The maximum atomic E-state index is 14.2. The Balaban J connectivity index is 3.17. The van der Waals surface area contributed by atoms with Gasteiger partial charge in [0.25, 0.3) is 0 Å². The zero-order valence-corrected chi connectivity index (χ0v) is 23.2. The van der Waals surface area contributed by atoms with Crippen LogP contribution < -0.4 is 5.32 Å². The van der Waals surface area contributed by atoms with Crippen LogP contribution in [0.15, 0.2) is 0 Å². The second kappa shape index (κ2) is 12.1. The van der Waals surface area contributed by atoms with Gasteiger partial charge in [-0.3, -0.25) is 0 Å². The lowest BCUT2D eigenvalue weighted by molar-refractivity contribution is -0.398. The van der Waals surface area contributed by atoms with Crippen molar-refractivity contribution in [3.05, 3.63) is 0 Å².